The quantitative estimate of drug-likeness (QED) is 0.124. The SMILES string of the molecule is CC(C)(C)[C@@H](C(=O)N(O)C(c1cccc2ccccc12)c1cccc2ccccc12)N1C(=O)c2cccc3cccc(c23)C1=O. The van der Waals surface area contributed by atoms with Crippen LogP contribution in [0.3, 0.4) is 0 Å². The molecule has 0 spiro atoms. The number of hydroxylamine groups is 2. The van der Waals surface area contributed by atoms with E-state index in [0.29, 0.717) is 16.5 Å². The maximum atomic E-state index is 14.8. The molecule has 0 aliphatic carbocycles. The Kier molecular flexibility index (Phi) is 6.75. The van der Waals surface area contributed by atoms with Gasteiger partial charge in [-0.1, -0.05) is 130 Å². The minimum Gasteiger partial charge on any atom is -0.285 e. The zero-order valence-corrected chi connectivity index (χ0v) is 25.3. The Morgan fingerprint density at radius 1 is 0.622 bits per heavy atom. The Bertz CT molecular complexity index is 2020. The van der Waals surface area contributed by atoms with E-state index in [2.05, 4.69) is 0 Å². The van der Waals surface area contributed by atoms with Crippen LogP contribution in [0.1, 0.15) is 58.7 Å². The van der Waals surface area contributed by atoms with Crippen molar-refractivity contribution >= 4 is 50.0 Å². The topological polar surface area (TPSA) is 77.9 Å². The summed E-state index contributed by atoms with van der Waals surface area (Å²) >= 11 is 0. The Morgan fingerprint density at radius 2 is 1.04 bits per heavy atom. The molecule has 0 bridgehead atoms. The first-order valence-electron chi connectivity index (χ1n) is 15.0. The minimum absolute atomic E-state index is 0.355. The van der Waals surface area contributed by atoms with E-state index in [1.807, 2.05) is 97.1 Å². The number of amides is 3. The third kappa shape index (κ3) is 4.57. The molecular weight excluding hydrogens is 560 g/mol. The van der Waals surface area contributed by atoms with Gasteiger partial charge < -0.3 is 0 Å². The summed E-state index contributed by atoms with van der Waals surface area (Å²) in [6.45, 7) is 5.40. The lowest BCUT2D eigenvalue weighted by molar-refractivity contribution is -0.180. The third-order valence-corrected chi connectivity index (χ3v) is 8.82. The van der Waals surface area contributed by atoms with Gasteiger partial charge in [0.05, 0.1) is 0 Å². The summed E-state index contributed by atoms with van der Waals surface area (Å²) in [4.78, 5) is 44.2. The Labute approximate surface area is 261 Å². The molecular formula is C39H32N2O4. The van der Waals surface area contributed by atoms with Crippen LogP contribution < -0.4 is 0 Å². The number of fused-ring (bicyclic) bond motifs is 2. The number of rotatable bonds is 5. The second-order valence-corrected chi connectivity index (χ2v) is 12.7. The van der Waals surface area contributed by atoms with Crippen molar-refractivity contribution in [3.8, 4) is 0 Å². The summed E-state index contributed by atoms with van der Waals surface area (Å²) in [5.41, 5.74) is 1.23. The molecule has 45 heavy (non-hydrogen) atoms. The Balaban J connectivity index is 1.41. The van der Waals surface area contributed by atoms with Crippen molar-refractivity contribution in [1.82, 2.24) is 9.96 Å². The van der Waals surface area contributed by atoms with Crippen LogP contribution in [-0.2, 0) is 4.79 Å². The van der Waals surface area contributed by atoms with Crippen molar-refractivity contribution in [1.29, 1.82) is 0 Å². The molecule has 1 aliphatic rings. The van der Waals surface area contributed by atoms with E-state index in [1.54, 1.807) is 45.0 Å². The van der Waals surface area contributed by atoms with E-state index in [4.69, 9.17) is 0 Å². The smallest absolute Gasteiger partial charge is 0.270 e. The fourth-order valence-electron chi connectivity index (χ4n) is 6.81. The summed E-state index contributed by atoms with van der Waals surface area (Å²) in [6.07, 6.45) is 0. The van der Waals surface area contributed by atoms with Crippen LogP contribution in [0.15, 0.2) is 121 Å². The van der Waals surface area contributed by atoms with Gasteiger partial charge in [0.2, 0.25) is 0 Å². The second-order valence-electron chi connectivity index (χ2n) is 12.7. The van der Waals surface area contributed by atoms with E-state index in [-0.39, 0.29) is 0 Å². The highest BCUT2D eigenvalue weighted by Crippen LogP contribution is 2.40. The average Bonchev–Trinajstić information content (AvgIpc) is 3.05. The molecule has 0 fully saturated rings. The maximum absolute atomic E-state index is 14.8. The summed E-state index contributed by atoms with van der Waals surface area (Å²) < 4.78 is 0. The molecule has 1 heterocycles. The standard InChI is InChI=1S/C39H32N2O4/c1-39(2,3)35(40-36(42)31-22-10-16-26-17-11-23-32(33(26)31)37(40)43)38(44)41(45)34(29-20-8-14-24-12-4-6-18-27(24)29)30-21-9-15-25-13-5-7-19-28(25)30/h4-23,34-35,45H,1-3H3/t35-/m1/s1. The van der Waals surface area contributed by atoms with Crippen molar-refractivity contribution in [2.45, 2.75) is 32.9 Å². The lowest BCUT2D eigenvalue weighted by atomic mass is 9.82. The van der Waals surface area contributed by atoms with Gasteiger partial charge in [0.15, 0.2) is 0 Å². The average molecular weight is 593 g/mol. The van der Waals surface area contributed by atoms with Crippen LogP contribution in [0.2, 0.25) is 0 Å². The number of benzene rings is 6. The fourth-order valence-corrected chi connectivity index (χ4v) is 6.81. The van der Waals surface area contributed by atoms with Gasteiger partial charge in [-0.15, -0.1) is 0 Å². The van der Waals surface area contributed by atoms with Gasteiger partial charge in [-0.2, -0.15) is 0 Å². The predicted molar refractivity (Wildman–Crippen MR) is 176 cm³/mol. The van der Waals surface area contributed by atoms with E-state index < -0.39 is 35.2 Å². The molecule has 6 aromatic rings. The van der Waals surface area contributed by atoms with Gasteiger partial charge in [-0.05, 0) is 55.6 Å². The highest BCUT2D eigenvalue weighted by atomic mass is 16.5. The zero-order valence-electron chi connectivity index (χ0n) is 25.3. The van der Waals surface area contributed by atoms with Gasteiger partial charge in [0.1, 0.15) is 12.1 Å². The highest BCUT2D eigenvalue weighted by molar-refractivity contribution is 6.26. The molecule has 0 saturated heterocycles. The molecule has 7 rings (SSSR count). The molecule has 3 amide bonds. The number of hydrogen-bond acceptors (Lipinski definition) is 4. The largest absolute Gasteiger partial charge is 0.285 e. The number of hydrogen-bond donors (Lipinski definition) is 1. The van der Waals surface area contributed by atoms with Crippen molar-refractivity contribution in [2.75, 3.05) is 0 Å². The zero-order chi connectivity index (χ0) is 31.5. The molecule has 0 radical (unpaired) electrons. The Morgan fingerprint density at radius 3 is 1.53 bits per heavy atom. The summed E-state index contributed by atoms with van der Waals surface area (Å²) in [6, 6.07) is 35.7. The van der Waals surface area contributed by atoms with E-state index in [0.717, 1.165) is 48.0 Å². The highest BCUT2D eigenvalue weighted by Gasteiger charge is 2.48. The molecule has 1 atom stereocenters. The fraction of sp³-hybridized carbons (Fsp3) is 0.154. The molecule has 6 nitrogen and oxygen atoms in total. The predicted octanol–water partition coefficient (Wildman–Crippen LogP) is 8.16. The van der Waals surface area contributed by atoms with Crippen LogP contribution in [-0.4, -0.2) is 38.9 Å². The van der Waals surface area contributed by atoms with Crippen molar-refractivity contribution in [3.05, 3.63) is 144 Å². The first-order chi connectivity index (χ1) is 21.7. The van der Waals surface area contributed by atoms with Crippen molar-refractivity contribution in [3.63, 3.8) is 0 Å². The molecule has 6 heteroatoms. The monoisotopic (exact) mass is 592 g/mol. The van der Waals surface area contributed by atoms with Crippen LogP contribution in [0.25, 0.3) is 32.3 Å². The van der Waals surface area contributed by atoms with Crippen LogP contribution in [0.5, 0.6) is 0 Å². The summed E-state index contributed by atoms with van der Waals surface area (Å²) in [5.74, 6) is -1.86. The molecule has 1 aliphatic heterocycles. The van der Waals surface area contributed by atoms with Gasteiger partial charge in [-0.3, -0.25) is 24.5 Å². The van der Waals surface area contributed by atoms with Gasteiger partial charge >= 0.3 is 0 Å². The number of imide groups is 1. The molecule has 1 N–H and O–H groups in total. The normalized spacial score (nSPS) is 14.0. The first-order valence-corrected chi connectivity index (χ1v) is 15.0. The number of nitrogens with zero attached hydrogens (tertiary/aromatic N) is 2. The lowest BCUT2D eigenvalue weighted by Gasteiger charge is -2.42. The van der Waals surface area contributed by atoms with Crippen LogP contribution in [0, 0.1) is 5.41 Å². The Hall–Kier alpha value is -5.33. The van der Waals surface area contributed by atoms with Crippen molar-refractivity contribution in [2.24, 2.45) is 5.41 Å². The second kappa shape index (κ2) is 10.7. The van der Waals surface area contributed by atoms with Crippen LogP contribution in [0.4, 0.5) is 0 Å². The molecule has 0 saturated carbocycles. The lowest BCUT2D eigenvalue weighted by Crippen LogP contribution is -2.59. The number of carbonyl (C=O) groups excluding carboxylic acids is 3. The van der Waals surface area contributed by atoms with E-state index in [9.17, 15) is 19.6 Å². The molecule has 0 aromatic heterocycles. The summed E-state index contributed by atoms with van der Waals surface area (Å²) in [5, 5.41) is 18.0. The van der Waals surface area contributed by atoms with Gasteiger partial charge in [-0.25, -0.2) is 5.06 Å². The van der Waals surface area contributed by atoms with Gasteiger partial charge in [0, 0.05) is 16.5 Å². The molecule has 6 aromatic carbocycles. The third-order valence-electron chi connectivity index (χ3n) is 8.82. The first kappa shape index (κ1) is 28.4. The van der Waals surface area contributed by atoms with E-state index >= 15 is 0 Å². The van der Waals surface area contributed by atoms with Crippen molar-refractivity contribution < 1.29 is 19.6 Å². The molecule has 222 valence electrons. The molecule has 0 unspecified atom stereocenters. The maximum Gasteiger partial charge on any atom is 0.270 e. The van der Waals surface area contributed by atoms with Gasteiger partial charge in [0.25, 0.3) is 17.7 Å². The van der Waals surface area contributed by atoms with E-state index in [1.165, 1.54) is 0 Å². The van der Waals surface area contributed by atoms with Crippen LogP contribution >= 0.6 is 0 Å². The minimum atomic E-state index is -1.31. The number of carbonyl (C=O) groups is 3. The summed E-state index contributed by atoms with van der Waals surface area (Å²) in [7, 11) is 0.